The molecule has 0 spiro atoms. The molecule has 2 saturated heterocycles. The van der Waals surface area contributed by atoms with E-state index in [-0.39, 0.29) is 6.10 Å². The second-order valence-corrected chi connectivity index (χ2v) is 9.31. The number of amides is 1. The molecule has 5 heterocycles. The normalized spacial score (nSPS) is 22.1. The zero-order valence-corrected chi connectivity index (χ0v) is 19.7. The molecule has 10 nitrogen and oxygen atoms in total. The molecule has 0 aliphatic carbocycles. The van der Waals surface area contributed by atoms with Gasteiger partial charge in [0, 0.05) is 36.5 Å². The van der Waals surface area contributed by atoms with Crippen LogP contribution in [-0.4, -0.2) is 75.1 Å². The van der Waals surface area contributed by atoms with Gasteiger partial charge in [0.15, 0.2) is 0 Å². The third kappa shape index (κ3) is 4.66. The summed E-state index contributed by atoms with van der Waals surface area (Å²) < 4.78 is 22.1. The van der Waals surface area contributed by atoms with Crippen molar-refractivity contribution >= 4 is 17.5 Å². The number of carbonyl (C=O) groups is 1. The molecule has 6 rings (SSSR count). The van der Waals surface area contributed by atoms with E-state index in [9.17, 15) is 4.79 Å². The molecule has 2 atom stereocenters. The number of anilines is 1. The van der Waals surface area contributed by atoms with E-state index in [1.54, 1.807) is 35.4 Å². The Labute approximate surface area is 207 Å². The maximum absolute atomic E-state index is 15.1. The van der Waals surface area contributed by atoms with Crippen molar-refractivity contribution in [1.82, 2.24) is 24.9 Å². The predicted molar refractivity (Wildman–Crippen MR) is 129 cm³/mol. The Hall–Kier alpha value is -3.86. The number of ether oxygens (including phenoxy) is 1. The average Bonchev–Trinajstić information content (AvgIpc) is 3.69. The molecule has 36 heavy (non-hydrogen) atoms. The number of cyclic esters (lactones) is 1. The lowest BCUT2D eigenvalue weighted by molar-refractivity contribution is 0.0589. The minimum Gasteiger partial charge on any atom is -0.442 e. The summed E-state index contributed by atoms with van der Waals surface area (Å²) in [4.78, 5) is 26.3. The number of carbonyl (C=O) groups excluding carboxylic acids is 1. The Bertz CT molecular complexity index is 1260. The molecule has 2 aromatic heterocycles. The molecule has 3 aliphatic heterocycles. The van der Waals surface area contributed by atoms with Crippen molar-refractivity contribution < 1.29 is 18.8 Å². The molecule has 0 saturated carbocycles. The van der Waals surface area contributed by atoms with Gasteiger partial charge < -0.3 is 9.57 Å². The van der Waals surface area contributed by atoms with Gasteiger partial charge in [-0.2, -0.15) is 0 Å². The fraction of sp³-hybridized carbons (Fsp3) is 0.400. The second-order valence-electron chi connectivity index (χ2n) is 9.31. The highest BCUT2D eigenvalue weighted by molar-refractivity contribution is 5.99. The van der Waals surface area contributed by atoms with Crippen LogP contribution in [0.5, 0.6) is 0 Å². The average molecular weight is 492 g/mol. The number of rotatable bonds is 7. The molecule has 0 unspecified atom stereocenters. The summed E-state index contributed by atoms with van der Waals surface area (Å²) in [5, 5.41) is 11.9. The van der Waals surface area contributed by atoms with Crippen LogP contribution in [0.3, 0.4) is 0 Å². The van der Waals surface area contributed by atoms with Crippen LogP contribution in [0.1, 0.15) is 25.0 Å². The van der Waals surface area contributed by atoms with Gasteiger partial charge in [-0.25, -0.2) is 13.9 Å². The first-order valence-electron chi connectivity index (χ1n) is 12.2. The van der Waals surface area contributed by atoms with Crippen molar-refractivity contribution in [2.24, 2.45) is 5.16 Å². The Morgan fingerprint density at radius 1 is 1.08 bits per heavy atom. The summed E-state index contributed by atoms with van der Waals surface area (Å²) in [6.45, 7) is 3.81. The monoisotopic (exact) mass is 491 g/mol. The Kier molecular flexibility index (Phi) is 6.06. The molecule has 0 radical (unpaired) electrons. The van der Waals surface area contributed by atoms with Gasteiger partial charge in [0.05, 0.1) is 30.7 Å². The second kappa shape index (κ2) is 9.65. The van der Waals surface area contributed by atoms with Gasteiger partial charge in [0.2, 0.25) is 0 Å². The molecule has 0 bridgehead atoms. The third-order valence-corrected chi connectivity index (χ3v) is 6.76. The topological polar surface area (TPSA) is 98.0 Å². The van der Waals surface area contributed by atoms with Gasteiger partial charge in [-0.15, -0.1) is 5.10 Å². The molecular weight excluding hydrogens is 465 g/mol. The van der Waals surface area contributed by atoms with Gasteiger partial charge >= 0.3 is 6.09 Å². The maximum Gasteiger partial charge on any atom is 0.414 e. The predicted octanol–water partition coefficient (Wildman–Crippen LogP) is 3.09. The Morgan fingerprint density at radius 2 is 1.97 bits per heavy atom. The first kappa shape index (κ1) is 22.6. The first-order valence-corrected chi connectivity index (χ1v) is 12.2. The lowest BCUT2D eigenvalue weighted by Crippen LogP contribution is -2.30. The SMILES string of the molecule is O=C1O[C@@H](Cn2ccnn2)CN1c1ccc(-c2ccc(C3=NO[C@H](CN4CCCC4)C3)nc2)c(F)c1. The summed E-state index contributed by atoms with van der Waals surface area (Å²) >= 11 is 0. The van der Waals surface area contributed by atoms with Gasteiger partial charge in [-0.3, -0.25) is 14.8 Å². The van der Waals surface area contributed by atoms with Gasteiger partial charge in [-0.1, -0.05) is 16.4 Å². The quantitative estimate of drug-likeness (QED) is 0.501. The van der Waals surface area contributed by atoms with Crippen LogP contribution >= 0.6 is 0 Å². The van der Waals surface area contributed by atoms with E-state index in [0.717, 1.165) is 37.5 Å². The van der Waals surface area contributed by atoms with Crippen LogP contribution in [0.4, 0.5) is 14.9 Å². The molecule has 186 valence electrons. The molecule has 0 N–H and O–H groups in total. The minimum atomic E-state index is -0.513. The van der Waals surface area contributed by atoms with Crippen LogP contribution in [-0.2, 0) is 16.1 Å². The molecular formula is C25H26FN7O3. The number of benzene rings is 1. The van der Waals surface area contributed by atoms with E-state index >= 15 is 4.39 Å². The zero-order chi connectivity index (χ0) is 24.5. The lowest BCUT2D eigenvalue weighted by Gasteiger charge is -2.17. The van der Waals surface area contributed by atoms with Crippen molar-refractivity contribution in [2.75, 3.05) is 31.1 Å². The highest BCUT2D eigenvalue weighted by Crippen LogP contribution is 2.29. The summed E-state index contributed by atoms with van der Waals surface area (Å²) in [6, 6.07) is 8.38. The van der Waals surface area contributed by atoms with Crippen LogP contribution in [0, 0.1) is 5.82 Å². The molecule has 2 fully saturated rings. The number of oxime groups is 1. The maximum atomic E-state index is 15.1. The van der Waals surface area contributed by atoms with Crippen molar-refractivity contribution in [3.63, 3.8) is 0 Å². The van der Waals surface area contributed by atoms with E-state index in [0.29, 0.717) is 29.9 Å². The van der Waals surface area contributed by atoms with E-state index < -0.39 is 18.0 Å². The van der Waals surface area contributed by atoms with E-state index in [2.05, 4.69) is 25.4 Å². The summed E-state index contributed by atoms with van der Waals surface area (Å²) in [6.07, 6.45) is 7.25. The van der Waals surface area contributed by atoms with Crippen molar-refractivity contribution in [3.8, 4) is 11.1 Å². The summed E-state index contributed by atoms with van der Waals surface area (Å²) in [5.74, 6) is -0.443. The number of hydrogen-bond acceptors (Lipinski definition) is 8. The number of likely N-dealkylation sites (tertiary alicyclic amines) is 1. The fourth-order valence-corrected chi connectivity index (χ4v) is 4.93. The van der Waals surface area contributed by atoms with Crippen LogP contribution in [0.2, 0.25) is 0 Å². The van der Waals surface area contributed by atoms with E-state index in [1.807, 2.05) is 12.1 Å². The van der Waals surface area contributed by atoms with Gasteiger partial charge in [0.1, 0.15) is 23.7 Å². The van der Waals surface area contributed by atoms with Gasteiger partial charge in [0.25, 0.3) is 0 Å². The van der Waals surface area contributed by atoms with E-state index in [1.165, 1.54) is 23.8 Å². The Balaban J connectivity index is 1.10. The molecule has 11 heteroatoms. The lowest BCUT2D eigenvalue weighted by atomic mass is 10.0. The number of pyridine rings is 1. The fourth-order valence-electron chi connectivity index (χ4n) is 4.93. The highest BCUT2D eigenvalue weighted by Gasteiger charge is 2.33. The zero-order valence-electron chi connectivity index (χ0n) is 19.7. The summed E-state index contributed by atoms with van der Waals surface area (Å²) in [7, 11) is 0. The third-order valence-electron chi connectivity index (χ3n) is 6.76. The van der Waals surface area contributed by atoms with Gasteiger partial charge in [-0.05, 0) is 50.2 Å². The van der Waals surface area contributed by atoms with Crippen LogP contribution in [0.15, 0.2) is 54.1 Å². The molecule has 3 aliphatic rings. The molecule has 3 aromatic rings. The molecule has 1 amide bonds. The van der Waals surface area contributed by atoms with Crippen molar-refractivity contribution in [3.05, 3.63) is 60.4 Å². The standard InChI is InChI=1S/C25H26FN7O3/c26-22-11-18(33-16-20(35-25(33)34)15-32-10-7-28-30-32)4-5-21(22)17-3-6-23(27-13-17)24-12-19(36-29-24)14-31-8-1-2-9-31/h3-7,10-11,13,19-20H,1-2,8-9,12,14-16H2/t19-,20-/m0/s1. The van der Waals surface area contributed by atoms with Crippen molar-refractivity contribution in [1.29, 1.82) is 0 Å². The molecule has 1 aromatic carbocycles. The number of halogens is 1. The number of aromatic nitrogens is 4. The Morgan fingerprint density at radius 3 is 2.72 bits per heavy atom. The number of nitrogens with zero attached hydrogens (tertiary/aromatic N) is 7. The van der Waals surface area contributed by atoms with E-state index in [4.69, 9.17) is 9.57 Å². The first-order chi connectivity index (χ1) is 17.6. The smallest absolute Gasteiger partial charge is 0.414 e. The van der Waals surface area contributed by atoms with Crippen molar-refractivity contribution in [2.45, 2.75) is 38.0 Å². The highest BCUT2D eigenvalue weighted by atomic mass is 19.1. The largest absolute Gasteiger partial charge is 0.442 e. The van der Waals surface area contributed by atoms with Crippen LogP contribution < -0.4 is 4.90 Å². The van der Waals surface area contributed by atoms with Crippen LogP contribution in [0.25, 0.3) is 11.1 Å². The summed E-state index contributed by atoms with van der Waals surface area (Å²) in [5.41, 5.74) is 3.03. The minimum absolute atomic E-state index is 0.0534. The number of hydrogen-bond donors (Lipinski definition) is 0.